The van der Waals surface area contributed by atoms with Crippen LogP contribution in [-0.4, -0.2) is 106 Å². The number of anilines is 2. The molecule has 0 aliphatic carbocycles. The fraction of sp³-hybridized carbons (Fsp3) is 0.559. The molecular formula is C34H46F3N9OS. The summed E-state index contributed by atoms with van der Waals surface area (Å²) in [6, 6.07) is 8.92. The minimum atomic E-state index is -4.28. The van der Waals surface area contributed by atoms with E-state index in [1.165, 1.54) is 33.8 Å². The predicted octanol–water partition coefficient (Wildman–Crippen LogP) is 4.78. The van der Waals surface area contributed by atoms with Gasteiger partial charge >= 0.3 is 6.18 Å². The zero-order chi connectivity index (χ0) is 34.2. The van der Waals surface area contributed by atoms with E-state index >= 15 is 0 Å². The number of aryl methyl sites for hydroxylation is 2. The van der Waals surface area contributed by atoms with Gasteiger partial charge in [-0.3, -0.25) is 19.5 Å². The lowest BCUT2D eigenvalue weighted by molar-refractivity contribution is -0.126. The van der Waals surface area contributed by atoms with E-state index in [2.05, 4.69) is 78.8 Å². The molecular weight excluding hydrogens is 639 g/mol. The molecule has 0 radical (unpaired) electrons. The number of piperidine rings is 1. The van der Waals surface area contributed by atoms with Gasteiger partial charge in [-0.15, -0.1) is 11.3 Å². The van der Waals surface area contributed by atoms with Gasteiger partial charge in [0.05, 0.1) is 18.4 Å². The third-order valence-corrected chi connectivity index (χ3v) is 11.0. The van der Waals surface area contributed by atoms with Gasteiger partial charge in [-0.1, -0.05) is 6.07 Å². The van der Waals surface area contributed by atoms with Gasteiger partial charge in [-0.2, -0.15) is 18.2 Å². The molecule has 2 aliphatic heterocycles. The SMILES string of the molecule is CNC(=O)CN1CCN([C@@H](C)Cn2c(C)cc3c(C)c(CN4CCC(Nc5nc(N)nc6sc(CC(F)(F)F)cc56)CC4)ccc32)CC1. The van der Waals surface area contributed by atoms with Gasteiger partial charge in [-0.25, -0.2) is 4.98 Å². The van der Waals surface area contributed by atoms with Crippen LogP contribution in [0.15, 0.2) is 24.3 Å². The Balaban J connectivity index is 1.05. The lowest BCUT2D eigenvalue weighted by atomic mass is 10.0. The van der Waals surface area contributed by atoms with Crippen molar-refractivity contribution in [3.63, 3.8) is 0 Å². The first-order chi connectivity index (χ1) is 22.9. The van der Waals surface area contributed by atoms with E-state index in [9.17, 15) is 18.0 Å². The van der Waals surface area contributed by atoms with Gasteiger partial charge in [-0.05, 0) is 62.9 Å². The smallest absolute Gasteiger partial charge is 0.368 e. The number of likely N-dealkylation sites (N-methyl/N-ethyl adjacent to an activating group) is 1. The molecule has 0 unspecified atom stereocenters. The Morgan fingerprint density at radius 2 is 1.77 bits per heavy atom. The normalized spacial score (nSPS) is 18.1. The topological polar surface area (TPSA) is 108 Å². The molecule has 2 aliphatic rings. The molecule has 48 heavy (non-hydrogen) atoms. The van der Waals surface area contributed by atoms with Crippen LogP contribution in [0.2, 0.25) is 0 Å². The Hall–Kier alpha value is -3.46. The number of nitrogens with zero attached hydrogens (tertiary/aromatic N) is 6. The average Bonchev–Trinajstić information content (AvgIpc) is 3.58. The number of rotatable bonds is 10. The summed E-state index contributed by atoms with van der Waals surface area (Å²) in [7, 11) is 1.69. The maximum absolute atomic E-state index is 13.0. The molecule has 2 fully saturated rings. The maximum Gasteiger partial charge on any atom is 0.393 e. The van der Waals surface area contributed by atoms with Crippen LogP contribution in [-0.2, 0) is 24.3 Å². The number of nitrogens with two attached hydrogens (primary N) is 1. The number of carbonyl (C=O) groups is 1. The molecule has 1 atom stereocenters. The van der Waals surface area contributed by atoms with Crippen molar-refractivity contribution in [1.82, 2.24) is 34.6 Å². The van der Waals surface area contributed by atoms with Gasteiger partial charge < -0.3 is 20.9 Å². The van der Waals surface area contributed by atoms with Crippen molar-refractivity contribution < 1.29 is 18.0 Å². The molecule has 2 saturated heterocycles. The second-order valence-corrected chi connectivity index (χ2v) is 14.5. The Morgan fingerprint density at radius 1 is 1.04 bits per heavy atom. The first-order valence-electron chi connectivity index (χ1n) is 16.7. The number of fused-ring (bicyclic) bond motifs is 2. The number of carbonyl (C=O) groups excluding carboxylic acids is 1. The zero-order valence-electron chi connectivity index (χ0n) is 28.2. The molecule has 260 valence electrons. The van der Waals surface area contributed by atoms with E-state index in [0.29, 0.717) is 28.6 Å². The summed E-state index contributed by atoms with van der Waals surface area (Å²) in [6.45, 7) is 14.5. The van der Waals surface area contributed by atoms with Crippen LogP contribution in [0, 0.1) is 13.8 Å². The molecule has 5 heterocycles. The summed E-state index contributed by atoms with van der Waals surface area (Å²) in [6.07, 6.45) is -3.49. The highest BCUT2D eigenvalue weighted by molar-refractivity contribution is 7.18. The van der Waals surface area contributed by atoms with Crippen molar-refractivity contribution in [2.75, 3.05) is 63.9 Å². The summed E-state index contributed by atoms with van der Waals surface area (Å²) >= 11 is 1.02. The number of hydrogen-bond donors (Lipinski definition) is 3. The summed E-state index contributed by atoms with van der Waals surface area (Å²) in [5, 5.41) is 8.08. The van der Waals surface area contributed by atoms with Crippen LogP contribution in [0.4, 0.5) is 24.9 Å². The number of hydrogen-bond acceptors (Lipinski definition) is 9. The first-order valence-corrected chi connectivity index (χ1v) is 17.6. The van der Waals surface area contributed by atoms with Crippen molar-refractivity contribution in [1.29, 1.82) is 0 Å². The molecule has 4 aromatic rings. The number of halogens is 3. The monoisotopic (exact) mass is 685 g/mol. The number of benzene rings is 1. The molecule has 1 amide bonds. The fourth-order valence-electron chi connectivity index (χ4n) is 7.14. The van der Waals surface area contributed by atoms with Gasteiger partial charge in [0.15, 0.2) is 0 Å². The predicted molar refractivity (Wildman–Crippen MR) is 186 cm³/mol. The van der Waals surface area contributed by atoms with Gasteiger partial charge in [0, 0.05) is 93.0 Å². The Morgan fingerprint density at radius 3 is 2.46 bits per heavy atom. The third kappa shape index (κ3) is 7.88. The summed E-state index contributed by atoms with van der Waals surface area (Å²) in [5.41, 5.74) is 11.1. The van der Waals surface area contributed by atoms with E-state index in [4.69, 9.17) is 5.73 Å². The Kier molecular flexibility index (Phi) is 10.2. The molecule has 0 saturated carbocycles. The number of likely N-dealkylation sites (tertiary alicyclic amines) is 1. The molecule has 4 N–H and O–H groups in total. The first kappa shape index (κ1) is 34.4. The van der Waals surface area contributed by atoms with Gasteiger partial charge in [0.1, 0.15) is 10.6 Å². The van der Waals surface area contributed by atoms with Crippen molar-refractivity contribution >= 4 is 50.1 Å². The molecule has 14 heteroatoms. The number of nitrogens with one attached hydrogen (secondary N) is 2. The minimum absolute atomic E-state index is 0.0598. The fourth-order valence-corrected chi connectivity index (χ4v) is 8.21. The highest BCUT2D eigenvalue weighted by Gasteiger charge is 2.30. The molecule has 0 spiro atoms. The number of piperazine rings is 1. The van der Waals surface area contributed by atoms with Crippen LogP contribution in [0.3, 0.4) is 0 Å². The van der Waals surface area contributed by atoms with Crippen molar-refractivity contribution in [2.45, 2.75) is 71.4 Å². The second-order valence-electron chi connectivity index (χ2n) is 13.4. The summed E-state index contributed by atoms with van der Waals surface area (Å²) in [4.78, 5) is 28.2. The number of nitrogen functional groups attached to an aromatic ring is 1. The number of aromatic nitrogens is 3. The quantitative estimate of drug-likeness (QED) is 0.219. The third-order valence-electron chi connectivity index (χ3n) is 9.95. The number of thiophene rings is 1. The van der Waals surface area contributed by atoms with E-state index in [1.807, 2.05) is 0 Å². The Bertz CT molecular complexity index is 1750. The lowest BCUT2D eigenvalue weighted by Crippen LogP contribution is -2.52. The standard InChI is InChI=1S/C34H46F3N9OS/c1-21-15-27-23(3)24(5-6-29(27)46(21)18-22(2)45-13-11-44(12-14-45)20-30(47)39-4)19-43-9-7-25(8-10-43)40-31-28-16-26(17-34(35,36)37)48-32(28)42-33(38)41-31/h5-6,15-16,22,25H,7-14,17-20H2,1-4H3,(H,39,47)(H3,38,40,41,42)/t22-/m0/s1. The number of alkyl halides is 3. The average molecular weight is 686 g/mol. The van der Waals surface area contributed by atoms with E-state index in [0.717, 1.165) is 76.5 Å². The van der Waals surface area contributed by atoms with Crippen LogP contribution in [0.5, 0.6) is 0 Å². The van der Waals surface area contributed by atoms with Crippen LogP contribution in [0.1, 0.15) is 41.5 Å². The summed E-state index contributed by atoms with van der Waals surface area (Å²) in [5.74, 6) is 0.641. The van der Waals surface area contributed by atoms with Crippen LogP contribution < -0.4 is 16.4 Å². The van der Waals surface area contributed by atoms with Crippen molar-refractivity contribution in [3.05, 3.63) is 46.0 Å². The molecule has 10 nitrogen and oxygen atoms in total. The Labute approximate surface area is 283 Å². The molecule has 1 aromatic carbocycles. The van der Waals surface area contributed by atoms with E-state index < -0.39 is 12.6 Å². The van der Waals surface area contributed by atoms with Crippen LogP contribution >= 0.6 is 11.3 Å². The highest BCUT2D eigenvalue weighted by Crippen LogP contribution is 2.34. The minimum Gasteiger partial charge on any atom is -0.368 e. The molecule has 3 aromatic heterocycles. The summed E-state index contributed by atoms with van der Waals surface area (Å²) < 4.78 is 41.5. The highest BCUT2D eigenvalue weighted by atomic mass is 32.1. The maximum atomic E-state index is 13.0. The van der Waals surface area contributed by atoms with Crippen molar-refractivity contribution in [3.8, 4) is 0 Å². The number of amides is 1. The van der Waals surface area contributed by atoms with Crippen molar-refractivity contribution in [2.24, 2.45) is 0 Å². The van der Waals surface area contributed by atoms with Gasteiger partial charge in [0.2, 0.25) is 11.9 Å². The molecule has 0 bridgehead atoms. The van der Waals surface area contributed by atoms with E-state index in [1.54, 1.807) is 7.05 Å². The largest absolute Gasteiger partial charge is 0.393 e. The lowest BCUT2D eigenvalue weighted by Gasteiger charge is -2.38. The second kappa shape index (κ2) is 14.2. The molecule has 6 rings (SSSR count). The van der Waals surface area contributed by atoms with E-state index in [-0.39, 0.29) is 22.8 Å². The van der Waals surface area contributed by atoms with Gasteiger partial charge in [0.25, 0.3) is 0 Å². The zero-order valence-corrected chi connectivity index (χ0v) is 29.0. The van der Waals surface area contributed by atoms with Crippen LogP contribution in [0.25, 0.3) is 21.1 Å².